The monoisotopic (exact) mass is 864 g/mol. The average molecular weight is 865 g/mol. The van der Waals surface area contributed by atoms with Gasteiger partial charge in [-0.3, -0.25) is 0 Å². The van der Waals surface area contributed by atoms with Gasteiger partial charge in [-0.2, -0.15) is 0 Å². The van der Waals surface area contributed by atoms with Crippen LogP contribution in [0, 0.1) is 68.0 Å². The summed E-state index contributed by atoms with van der Waals surface area (Å²) in [5.41, 5.74) is -7.80. The molecule has 26 atom stereocenters. The summed E-state index contributed by atoms with van der Waals surface area (Å²) in [4.78, 5) is 0. The van der Waals surface area contributed by atoms with Gasteiger partial charge in [0.05, 0.1) is 143 Å². The smallest absolute Gasteiger partial charge is 0.103 e. The lowest BCUT2D eigenvalue weighted by Gasteiger charge is -2.88. The Balaban J connectivity index is 0.769. The molecule has 0 aromatic rings. The van der Waals surface area contributed by atoms with Gasteiger partial charge in [0.15, 0.2) is 0 Å². The summed E-state index contributed by atoms with van der Waals surface area (Å²) in [6.07, 6.45) is -6.05. The van der Waals surface area contributed by atoms with E-state index in [0.29, 0.717) is 58.9 Å². The molecule has 16 heteroatoms. The van der Waals surface area contributed by atoms with Gasteiger partial charge in [-0.1, -0.05) is 27.7 Å². The molecule has 0 aromatic heterocycles. The van der Waals surface area contributed by atoms with E-state index >= 15 is 0 Å². The highest BCUT2D eigenvalue weighted by atomic mass is 16.6. The molecule has 7 aliphatic carbocycles. The van der Waals surface area contributed by atoms with Crippen molar-refractivity contribution in [2.24, 2.45) is 68.0 Å². The van der Waals surface area contributed by atoms with Crippen LogP contribution in [-0.4, -0.2) is 191 Å². The van der Waals surface area contributed by atoms with Crippen LogP contribution in [0.25, 0.3) is 0 Å². The number of aliphatic hydroxyl groups excluding tert-OH is 6. The van der Waals surface area contributed by atoms with Crippen molar-refractivity contribution < 1.29 is 78.7 Å². The summed E-state index contributed by atoms with van der Waals surface area (Å²) >= 11 is 0. The van der Waals surface area contributed by atoms with E-state index in [4.69, 9.17) is 37.9 Å². The lowest BCUT2D eigenvalue weighted by atomic mass is 9.24. The molecule has 0 amide bonds. The highest BCUT2D eigenvalue weighted by Crippen LogP contribution is 2.84. The Hall–Kier alpha value is -0.640. The molecular formula is C45H68O16. The van der Waals surface area contributed by atoms with Gasteiger partial charge in [0, 0.05) is 69.7 Å². The van der Waals surface area contributed by atoms with Crippen molar-refractivity contribution in [2.75, 3.05) is 66.1 Å². The molecule has 7 saturated carbocycles. The molecule has 5 heterocycles. The molecule has 12 fully saturated rings. The zero-order valence-corrected chi connectivity index (χ0v) is 36.1. The van der Waals surface area contributed by atoms with E-state index in [1.165, 1.54) is 0 Å². The summed E-state index contributed by atoms with van der Waals surface area (Å²) in [6, 6.07) is 0. The van der Waals surface area contributed by atoms with Gasteiger partial charge >= 0.3 is 0 Å². The van der Waals surface area contributed by atoms with Gasteiger partial charge in [-0.05, 0) is 32.1 Å². The van der Waals surface area contributed by atoms with Crippen molar-refractivity contribution in [2.45, 2.75) is 144 Å². The highest BCUT2D eigenvalue weighted by molar-refractivity contribution is 5.45. The molecule has 61 heavy (non-hydrogen) atoms. The fourth-order valence-electron chi connectivity index (χ4n) is 19.0. The van der Waals surface area contributed by atoms with Gasteiger partial charge < -0.3 is 78.7 Å². The van der Waals surface area contributed by atoms with Gasteiger partial charge in [0.25, 0.3) is 0 Å². The molecule has 0 spiro atoms. The van der Waals surface area contributed by atoms with Crippen LogP contribution in [0.2, 0.25) is 0 Å². The summed E-state index contributed by atoms with van der Waals surface area (Å²) in [7, 11) is 0. The van der Waals surface area contributed by atoms with E-state index in [9.17, 15) is 40.9 Å². The number of hydrogen-bond donors (Lipinski definition) is 8. The summed E-state index contributed by atoms with van der Waals surface area (Å²) < 4.78 is 51.1. The fraction of sp³-hybridized carbons (Fsp3) is 1.00. The Morgan fingerprint density at radius 2 is 1.26 bits per heavy atom. The number of fused-ring (bicyclic) bond motifs is 5. The minimum absolute atomic E-state index is 0.00119. The maximum absolute atomic E-state index is 12.6. The molecule has 4 bridgehead atoms. The van der Waals surface area contributed by atoms with Crippen molar-refractivity contribution >= 4 is 0 Å². The van der Waals surface area contributed by atoms with Crippen molar-refractivity contribution in [3.05, 3.63) is 0 Å². The molecule has 5 saturated heterocycles. The normalized spacial score (nSPS) is 64.6. The van der Waals surface area contributed by atoms with Crippen LogP contribution in [0.5, 0.6) is 0 Å². The van der Waals surface area contributed by atoms with Gasteiger partial charge in [-0.15, -0.1) is 0 Å². The Kier molecular flexibility index (Phi) is 8.67. The van der Waals surface area contributed by atoms with Crippen molar-refractivity contribution in [3.63, 3.8) is 0 Å². The van der Waals surface area contributed by atoms with E-state index in [1.54, 1.807) is 0 Å². The summed E-state index contributed by atoms with van der Waals surface area (Å²) in [5.74, 6) is -2.35. The molecule has 8 N–H and O–H groups in total. The van der Waals surface area contributed by atoms with Crippen molar-refractivity contribution in [1.29, 1.82) is 0 Å². The first-order chi connectivity index (χ1) is 29.0. The first-order valence-corrected chi connectivity index (χ1v) is 23.3. The van der Waals surface area contributed by atoms with Crippen molar-refractivity contribution in [3.8, 4) is 0 Å². The number of ether oxygens (including phenoxy) is 8. The Labute approximate surface area is 356 Å². The molecular weight excluding hydrogens is 796 g/mol. The second kappa shape index (κ2) is 12.7. The largest absolute Gasteiger partial charge is 0.396 e. The van der Waals surface area contributed by atoms with Crippen LogP contribution in [-0.2, 0) is 37.9 Å². The summed E-state index contributed by atoms with van der Waals surface area (Å²) in [5, 5.41) is 93.7. The molecule has 26 unspecified atom stereocenters. The molecule has 344 valence electrons. The lowest BCUT2D eigenvalue weighted by Crippen LogP contribution is -3.02. The SMILES string of the molecule is CCOCCOCCOCC12CC3(CC)C(O)C(O)C4(C)C(OC5C6C(CO)OC7(COCC89CC%10(CO)C%11OC(C8%10)C(C)(C%11C)C(O)C9O)CC8(O)C5C6(O)C78)C1OC4C32. The third-order valence-corrected chi connectivity index (χ3v) is 21.3. The fourth-order valence-corrected chi connectivity index (χ4v) is 19.0. The third kappa shape index (κ3) is 4.13. The molecule has 12 rings (SSSR count). The van der Waals surface area contributed by atoms with Crippen LogP contribution in [0.4, 0.5) is 0 Å². The Morgan fingerprint density at radius 1 is 0.639 bits per heavy atom. The van der Waals surface area contributed by atoms with E-state index in [-0.39, 0.29) is 56.2 Å². The highest BCUT2D eigenvalue weighted by Gasteiger charge is 2.97. The maximum Gasteiger partial charge on any atom is 0.103 e. The minimum atomic E-state index is -1.41. The average Bonchev–Trinajstić information content (AvgIpc) is 3.85. The van der Waals surface area contributed by atoms with Crippen LogP contribution in [0.1, 0.15) is 60.3 Å². The van der Waals surface area contributed by atoms with E-state index < -0.39 is 129 Å². The van der Waals surface area contributed by atoms with Gasteiger partial charge in [0.2, 0.25) is 0 Å². The topological polar surface area (TPSA) is 236 Å². The predicted octanol–water partition coefficient (Wildman–Crippen LogP) is -1.23. The van der Waals surface area contributed by atoms with Crippen LogP contribution in [0.3, 0.4) is 0 Å². The predicted molar refractivity (Wildman–Crippen MR) is 207 cm³/mol. The standard InChI is InChI=1S/C45H68O16/c1-6-39-13-42(18-56-11-10-55-9-8-54-7-2)25(39)33-38(5,28(49)29(39)50)34(35(42)60-33)58-23-22-21(12-46)61-43(15-44(52)24(23)45(22,53)36(43)44)19-57-17-41-14-40(16-47)26(41)32-37(4,27(48)30(41)51)20(3)31(40)59-32/h20-36,46-53H,6-19H2,1-5H3. The van der Waals surface area contributed by atoms with E-state index in [2.05, 4.69) is 6.92 Å². The first kappa shape index (κ1) is 41.8. The first-order valence-electron chi connectivity index (χ1n) is 23.3. The molecule has 0 aromatic carbocycles. The van der Waals surface area contributed by atoms with Gasteiger partial charge in [-0.25, -0.2) is 0 Å². The second-order valence-corrected chi connectivity index (χ2v) is 22.8. The molecule has 5 aliphatic heterocycles. The van der Waals surface area contributed by atoms with Crippen LogP contribution >= 0.6 is 0 Å². The number of rotatable bonds is 18. The Morgan fingerprint density at radius 3 is 1.97 bits per heavy atom. The van der Waals surface area contributed by atoms with Crippen LogP contribution < -0.4 is 0 Å². The Bertz CT molecular complexity index is 1830. The summed E-state index contributed by atoms with van der Waals surface area (Å²) in [6.45, 7) is 12.3. The minimum Gasteiger partial charge on any atom is -0.396 e. The number of hydrogen-bond acceptors (Lipinski definition) is 16. The molecule has 12 aliphatic rings. The molecule has 16 nitrogen and oxygen atoms in total. The number of aliphatic hydroxyl groups is 8. The zero-order valence-electron chi connectivity index (χ0n) is 36.1. The zero-order chi connectivity index (χ0) is 42.9. The quantitative estimate of drug-likeness (QED) is 0.0754. The van der Waals surface area contributed by atoms with E-state index in [0.717, 1.165) is 0 Å². The third-order valence-electron chi connectivity index (χ3n) is 21.3. The molecule has 0 radical (unpaired) electrons. The van der Waals surface area contributed by atoms with Crippen LogP contribution in [0.15, 0.2) is 0 Å². The maximum atomic E-state index is 12.6. The second-order valence-electron chi connectivity index (χ2n) is 22.8. The van der Waals surface area contributed by atoms with Gasteiger partial charge in [0.1, 0.15) is 5.60 Å². The van der Waals surface area contributed by atoms with Crippen molar-refractivity contribution in [1.82, 2.24) is 0 Å². The van der Waals surface area contributed by atoms with E-state index in [1.807, 2.05) is 27.7 Å². The lowest BCUT2D eigenvalue weighted by molar-refractivity contribution is -0.540.